The second kappa shape index (κ2) is 2.39. The van der Waals surface area contributed by atoms with E-state index in [0.29, 0.717) is 6.61 Å². The molecule has 4 nitrogen and oxygen atoms in total. The van der Waals surface area contributed by atoms with Crippen LogP contribution in [0.3, 0.4) is 0 Å². The van der Waals surface area contributed by atoms with Crippen molar-refractivity contribution >= 4 is 16.7 Å². The summed E-state index contributed by atoms with van der Waals surface area (Å²) in [6, 6.07) is 3.84. The van der Waals surface area contributed by atoms with E-state index < -0.39 is 0 Å². The Hall–Kier alpha value is -1.71. The lowest BCUT2D eigenvalue weighted by Crippen LogP contribution is -2.17. The average molecular weight is 176 g/mol. The highest BCUT2D eigenvalue weighted by Gasteiger charge is 2.14. The van der Waals surface area contributed by atoms with Crippen LogP contribution in [-0.4, -0.2) is 18.3 Å². The van der Waals surface area contributed by atoms with Crippen LogP contribution >= 0.6 is 0 Å². The topological polar surface area (TPSA) is 47.3 Å². The number of anilines is 1. The standard InChI is InChI=1S/C9H8N2O2/c1-2-8-6(5-11-13-8)9-7(1)10-3-4-12-9/h1-2,5,10H,3-4H2. The van der Waals surface area contributed by atoms with E-state index in [0.717, 1.165) is 29.0 Å². The third-order valence-corrected chi connectivity index (χ3v) is 2.15. The van der Waals surface area contributed by atoms with Crippen molar-refractivity contribution in [2.24, 2.45) is 0 Å². The van der Waals surface area contributed by atoms with Crippen LogP contribution in [-0.2, 0) is 0 Å². The van der Waals surface area contributed by atoms with Crippen LogP contribution < -0.4 is 10.1 Å². The Balaban J connectivity index is 2.34. The van der Waals surface area contributed by atoms with Gasteiger partial charge in [0.2, 0.25) is 0 Å². The second-order valence-corrected chi connectivity index (χ2v) is 2.96. The van der Waals surface area contributed by atoms with Gasteiger partial charge in [0.1, 0.15) is 6.61 Å². The summed E-state index contributed by atoms with van der Waals surface area (Å²) < 4.78 is 10.6. The van der Waals surface area contributed by atoms with Gasteiger partial charge in [-0.25, -0.2) is 0 Å². The van der Waals surface area contributed by atoms with Crippen molar-refractivity contribution in [2.75, 3.05) is 18.5 Å². The highest BCUT2D eigenvalue weighted by atomic mass is 16.5. The molecule has 0 unspecified atom stereocenters. The molecule has 1 aliphatic rings. The number of fused-ring (bicyclic) bond motifs is 3. The Morgan fingerprint density at radius 2 is 2.38 bits per heavy atom. The van der Waals surface area contributed by atoms with E-state index in [4.69, 9.17) is 9.26 Å². The Kier molecular flexibility index (Phi) is 1.24. The number of hydrogen-bond donors (Lipinski definition) is 1. The zero-order valence-corrected chi connectivity index (χ0v) is 6.91. The van der Waals surface area contributed by atoms with Crippen LogP contribution in [0.1, 0.15) is 0 Å². The van der Waals surface area contributed by atoms with Crippen molar-refractivity contribution in [3.05, 3.63) is 18.3 Å². The lowest BCUT2D eigenvalue weighted by atomic mass is 10.2. The van der Waals surface area contributed by atoms with Gasteiger partial charge in [0.15, 0.2) is 11.3 Å². The van der Waals surface area contributed by atoms with Gasteiger partial charge in [-0.1, -0.05) is 5.16 Å². The summed E-state index contributed by atoms with van der Waals surface area (Å²) in [5, 5.41) is 7.91. The van der Waals surface area contributed by atoms with Gasteiger partial charge in [0, 0.05) is 6.54 Å². The molecule has 13 heavy (non-hydrogen) atoms. The highest BCUT2D eigenvalue weighted by Crippen LogP contribution is 2.35. The third kappa shape index (κ3) is 0.884. The molecule has 0 saturated heterocycles. The van der Waals surface area contributed by atoms with Crippen molar-refractivity contribution in [3.63, 3.8) is 0 Å². The highest BCUT2D eigenvalue weighted by molar-refractivity contribution is 5.89. The first-order chi connectivity index (χ1) is 6.45. The molecular formula is C9H8N2O2. The molecule has 66 valence electrons. The monoisotopic (exact) mass is 176 g/mol. The van der Waals surface area contributed by atoms with Crippen molar-refractivity contribution < 1.29 is 9.26 Å². The molecule has 0 fully saturated rings. The molecule has 0 atom stereocenters. The molecule has 4 heteroatoms. The van der Waals surface area contributed by atoms with Crippen LogP contribution in [0.15, 0.2) is 22.9 Å². The number of ether oxygens (including phenoxy) is 1. The number of rotatable bonds is 0. The molecule has 0 saturated carbocycles. The molecule has 0 amide bonds. The molecular weight excluding hydrogens is 168 g/mol. The Bertz CT molecular complexity index is 450. The molecule has 0 radical (unpaired) electrons. The van der Waals surface area contributed by atoms with E-state index in [2.05, 4.69) is 10.5 Å². The predicted molar refractivity (Wildman–Crippen MR) is 48.0 cm³/mol. The summed E-state index contributed by atoms with van der Waals surface area (Å²) in [5.41, 5.74) is 1.78. The van der Waals surface area contributed by atoms with Crippen LogP contribution in [0.5, 0.6) is 5.75 Å². The molecule has 3 rings (SSSR count). The van der Waals surface area contributed by atoms with Gasteiger partial charge in [-0.2, -0.15) is 0 Å². The van der Waals surface area contributed by atoms with Gasteiger partial charge in [-0.3, -0.25) is 0 Å². The fourth-order valence-electron chi connectivity index (χ4n) is 1.55. The van der Waals surface area contributed by atoms with Crippen LogP contribution in [0.25, 0.3) is 11.0 Å². The van der Waals surface area contributed by atoms with Crippen molar-refractivity contribution in [3.8, 4) is 5.75 Å². The fraction of sp³-hybridized carbons (Fsp3) is 0.222. The lowest BCUT2D eigenvalue weighted by molar-refractivity contribution is 0.327. The number of nitrogens with zero attached hydrogens (tertiary/aromatic N) is 1. The van der Waals surface area contributed by atoms with Gasteiger partial charge >= 0.3 is 0 Å². The van der Waals surface area contributed by atoms with Crippen molar-refractivity contribution in [1.82, 2.24) is 5.16 Å². The SMILES string of the molecule is c1cc2oncc2c2c1NCCO2. The number of nitrogens with one attached hydrogen (secondary N) is 1. The van der Waals surface area contributed by atoms with E-state index >= 15 is 0 Å². The van der Waals surface area contributed by atoms with Gasteiger partial charge in [-0.05, 0) is 12.1 Å². The van der Waals surface area contributed by atoms with Crippen LogP contribution in [0, 0.1) is 0 Å². The summed E-state index contributed by atoms with van der Waals surface area (Å²) in [6.45, 7) is 1.54. The largest absolute Gasteiger partial charge is 0.489 e. The molecule has 1 aliphatic heterocycles. The smallest absolute Gasteiger partial charge is 0.170 e. The van der Waals surface area contributed by atoms with E-state index in [9.17, 15) is 0 Å². The Labute approximate surface area is 74.5 Å². The van der Waals surface area contributed by atoms with Gasteiger partial charge in [0.05, 0.1) is 17.3 Å². The number of benzene rings is 1. The first kappa shape index (κ1) is 6.77. The van der Waals surface area contributed by atoms with Crippen LogP contribution in [0.4, 0.5) is 5.69 Å². The first-order valence-electron chi connectivity index (χ1n) is 4.19. The van der Waals surface area contributed by atoms with E-state index in [1.54, 1.807) is 6.20 Å². The van der Waals surface area contributed by atoms with E-state index in [1.165, 1.54) is 0 Å². The van der Waals surface area contributed by atoms with Crippen molar-refractivity contribution in [1.29, 1.82) is 0 Å². The Morgan fingerprint density at radius 1 is 1.38 bits per heavy atom. The minimum absolute atomic E-state index is 0.692. The summed E-state index contributed by atoms with van der Waals surface area (Å²) >= 11 is 0. The molecule has 0 spiro atoms. The maximum Gasteiger partial charge on any atom is 0.170 e. The molecule has 0 aliphatic carbocycles. The van der Waals surface area contributed by atoms with Crippen molar-refractivity contribution in [2.45, 2.75) is 0 Å². The fourth-order valence-corrected chi connectivity index (χ4v) is 1.55. The maximum absolute atomic E-state index is 5.53. The molecule has 1 N–H and O–H groups in total. The molecule has 2 heterocycles. The summed E-state index contributed by atoms with van der Waals surface area (Å²) in [7, 11) is 0. The normalized spacial score (nSPS) is 14.8. The second-order valence-electron chi connectivity index (χ2n) is 2.96. The minimum Gasteiger partial charge on any atom is -0.489 e. The molecule has 1 aromatic heterocycles. The number of hydrogen-bond acceptors (Lipinski definition) is 4. The molecule has 1 aromatic carbocycles. The number of aromatic nitrogens is 1. The van der Waals surface area contributed by atoms with Gasteiger partial charge in [0.25, 0.3) is 0 Å². The minimum atomic E-state index is 0.692. The average Bonchev–Trinajstić information content (AvgIpc) is 2.65. The molecule has 2 aromatic rings. The zero-order chi connectivity index (χ0) is 8.67. The van der Waals surface area contributed by atoms with Gasteiger partial charge < -0.3 is 14.6 Å². The van der Waals surface area contributed by atoms with Gasteiger partial charge in [-0.15, -0.1) is 0 Å². The summed E-state index contributed by atoms with van der Waals surface area (Å²) in [4.78, 5) is 0. The quantitative estimate of drug-likeness (QED) is 0.662. The maximum atomic E-state index is 5.53. The first-order valence-corrected chi connectivity index (χ1v) is 4.19. The third-order valence-electron chi connectivity index (χ3n) is 2.15. The van der Waals surface area contributed by atoms with E-state index in [-0.39, 0.29) is 0 Å². The summed E-state index contributed by atoms with van der Waals surface area (Å²) in [5.74, 6) is 0.852. The predicted octanol–water partition coefficient (Wildman–Crippen LogP) is 1.63. The van der Waals surface area contributed by atoms with E-state index in [1.807, 2.05) is 12.1 Å². The zero-order valence-electron chi connectivity index (χ0n) is 6.91. The summed E-state index contributed by atoms with van der Waals surface area (Å²) in [6.07, 6.45) is 1.68. The molecule has 0 bridgehead atoms. The lowest BCUT2D eigenvalue weighted by Gasteiger charge is -2.18. The Morgan fingerprint density at radius 3 is 3.38 bits per heavy atom. The van der Waals surface area contributed by atoms with Crippen LogP contribution in [0.2, 0.25) is 0 Å².